The van der Waals surface area contributed by atoms with Gasteiger partial charge >= 0.3 is 0 Å². The number of aliphatic hydroxyl groups excluding tert-OH is 2. The van der Waals surface area contributed by atoms with Crippen LogP contribution in [-0.2, 0) is 11.3 Å². The lowest BCUT2D eigenvalue weighted by Crippen LogP contribution is -2.33. The number of hydrogen-bond acceptors (Lipinski definition) is 18. The third-order valence-corrected chi connectivity index (χ3v) is 12.4. The molecule has 0 bridgehead atoms. The highest BCUT2D eigenvalue weighted by Crippen LogP contribution is 2.39. The van der Waals surface area contributed by atoms with E-state index in [1.807, 2.05) is 6.92 Å². The first-order valence-corrected chi connectivity index (χ1v) is 22.2. The molecule has 4 fully saturated rings. The van der Waals surface area contributed by atoms with Crippen LogP contribution in [0.3, 0.4) is 0 Å². The zero-order chi connectivity index (χ0) is 40.8. The van der Waals surface area contributed by atoms with Crippen molar-refractivity contribution in [3.05, 3.63) is 18.5 Å². The molecule has 0 amide bonds. The van der Waals surface area contributed by atoms with E-state index in [2.05, 4.69) is 61.4 Å². The second-order valence-electron chi connectivity index (χ2n) is 16.7. The maximum absolute atomic E-state index is 11.2. The number of unbranched alkanes of at least 4 members (excludes halogenated alkanes) is 2. The first-order chi connectivity index (χ1) is 29.5. The summed E-state index contributed by atoms with van der Waals surface area (Å²) >= 11 is 0. The van der Waals surface area contributed by atoms with E-state index in [0.717, 1.165) is 82.3 Å². The summed E-state index contributed by atoms with van der Waals surface area (Å²) in [7, 11) is 0. The first-order valence-electron chi connectivity index (χ1n) is 22.2. The number of tetrazole rings is 1. The van der Waals surface area contributed by atoms with Crippen LogP contribution in [-0.4, -0.2) is 156 Å². The lowest BCUT2D eigenvalue weighted by atomic mass is 9.91. The molecule has 5 aromatic rings. The summed E-state index contributed by atoms with van der Waals surface area (Å²) in [5.41, 5.74) is 2.49. The number of aliphatic hydroxyl groups is 2. The fourth-order valence-corrected chi connectivity index (χ4v) is 9.01. The van der Waals surface area contributed by atoms with Crippen LogP contribution in [0.1, 0.15) is 102 Å². The SMILES string of the molecule is CCn1nnc([C@H]2OC(n3cnc4c(NC5CCC(Nc6nc(NCCCCN7CCCC7)nc7nc[nH]c67)CC5)nc(NCCCCN5CCCC5)nc43)[C@H](O)[C@@H]2O)n1. The van der Waals surface area contributed by atoms with E-state index in [0.29, 0.717) is 47.6 Å². The Bertz CT molecular complexity index is 2140. The van der Waals surface area contributed by atoms with Gasteiger partial charge in [0, 0.05) is 25.2 Å². The van der Waals surface area contributed by atoms with Gasteiger partial charge in [-0.25, -0.2) is 9.97 Å². The quantitative estimate of drug-likeness (QED) is 0.0592. The number of aromatic nitrogens is 12. The summed E-state index contributed by atoms with van der Waals surface area (Å²) in [6.07, 6.45) is 11.9. The summed E-state index contributed by atoms with van der Waals surface area (Å²) in [6, 6.07) is 0.357. The van der Waals surface area contributed by atoms with Crippen molar-refractivity contribution in [2.45, 2.75) is 127 Å². The van der Waals surface area contributed by atoms with Crippen LogP contribution in [0.15, 0.2) is 12.7 Å². The normalized spacial score (nSPS) is 25.2. The van der Waals surface area contributed by atoms with E-state index in [4.69, 9.17) is 24.7 Å². The molecule has 21 heteroatoms. The molecule has 1 aliphatic carbocycles. The number of anilines is 4. The molecule has 1 saturated carbocycles. The Morgan fingerprint density at radius 3 is 2.05 bits per heavy atom. The molecule has 21 nitrogen and oxygen atoms in total. The second-order valence-corrected chi connectivity index (χ2v) is 16.7. The number of nitrogens with zero attached hydrogens (tertiary/aromatic N) is 13. The third-order valence-electron chi connectivity index (χ3n) is 12.4. The number of H-pyrrole nitrogens is 1. The number of ether oxygens (including phenoxy) is 1. The van der Waals surface area contributed by atoms with Gasteiger partial charge in [0.25, 0.3) is 0 Å². The standard InChI is InChI=1S/C39H60N18O3/c1-2-57-52-35(51-53-57)31-29(58)30(59)37(60-31)56-24-44-28-34(49-39(50-36(28)56)41-16-4-6-18-55-21-9-10-22-55)46-26-13-11-25(12-14-26)45-33-27-32(43-23-42-27)47-38(48-33)40-15-3-5-17-54-19-7-8-20-54/h23-26,29-31,37,58-59H,2-22H2,1H3,(H2,41,46,49,50)(H3,40,42,43,45,47,48)/t25?,26?,29-,30+,31-,37?/m0/s1. The molecule has 3 aliphatic heterocycles. The summed E-state index contributed by atoms with van der Waals surface area (Å²) < 4.78 is 7.88. The Hall–Kier alpha value is -4.83. The number of fused-ring (bicyclic) bond motifs is 2. The third kappa shape index (κ3) is 9.24. The predicted molar refractivity (Wildman–Crippen MR) is 225 cm³/mol. The molecule has 0 aromatic carbocycles. The van der Waals surface area contributed by atoms with Gasteiger partial charge in [-0.2, -0.15) is 24.7 Å². The Labute approximate surface area is 348 Å². The number of aromatic amines is 1. The zero-order valence-corrected chi connectivity index (χ0v) is 34.6. The average molecular weight is 829 g/mol. The molecule has 9 rings (SSSR count). The van der Waals surface area contributed by atoms with Crippen molar-refractivity contribution in [2.24, 2.45) is 0 Å². The van der Waals surface area contributed by atoms with Gasteiger partial charge in [-0.3, -0.25) is 4.57 Å². The second kappa shape index (κ2) is 18.8. The van der Waals surface area contributed by atoms with E-state index in [9.17, 15) is 10.2 Å². The molecule has 4 aliphatic rings. The van der Waals surface area contributed by atoms with E-state index >= 15 is 0 Å². The minimum absolute atomic E-state index is 0.141. The van der Waals surface area contributed by atoms with E-state index < -0.39 is 24.5 Å². The van der Waals surface area contributed by atoms with Crippen LogP contribution in [0.4, 0.5) is 23.5 Å². The zero-order valence-electron chi connectivity index (χ0n) is 34.6. The molecular weight excluding hydrogens is 769 g/mol. The van der Waals surface area contributed by atoms with Crippen LogP contribution < -0.4 is 21.3 Å². The van der Waals surface area contributed by atoms with Crippen LogP contribution in [0.2, 0.25) is 0 Å². The van der Waals surface area contributed by atoms with E-state index in [-0.39, 0.29) is 17.9 Å². The number of aryl methyl sites for hydroxylation is 1. The lowest BCUT2D eigenvalue weighted by Gasteiger charge is -2.30. The minimum Gasteiger partial charge on any atom is -0.387 e. The highest BCUT2D eigenvalue weighted by atomic mass is 16.6. The van der Waals surface area contributed by atoms with Crippen molar-refractivity contribution >= 4 is 45.9 Å². The van der Waals surface area contributed by atoms with Crippen molar-refractivity contribution in [3.63, 3.8) is 0 Å². The fraction of sp³-hybridized carbons (Fsp3) is 0.718. The van der Waals surface area contributed by atoms with Crippen molar-refractivity contribution in [2.75, 3.05) is 73.6 Å². The van der Waals surface area contributed by atoms with Gasteiger partial charge in [0.05, 0.1) is 19.2 Å². The number of nitrogens with one attached hydrogen (secondary N) is 5. The molecular formula is C39H60N18O3. The summed E-state index contributed by atoms with van der Waals surface area (Å²) in [5.74, 6) is 2.64. The maximum atomic E-state index is 11.2. The number of likely N-dealkylation sites (tertiary alicyclic amines) is 2. The van der Waals surface area contributed by atoms with Crippen LogP contribution in [0.25, 0.3) is 22.3 Å². The summed E-state index contributed by atoms with van der Waals surface area (Å²) in [5, 5.41) is 49.0. The molecule has 5 aromatic heterocycles. The summed E-state index contributed by atoms with van der Waals surface area (Å²) in [4.78, 5) is 38.3. The fourth-order valence-electron chi connectivity index (χ4n) is 9.01. The Kier molecular flexibility index (Phi) is 12.7. The van der Waals surface area contributed by atoms with E-state index in [1.165, 1.54) is 56.7 Å². The van der Waals surface area contributed by atoms with Gasteiger partial charge in [0.15, 0.2) is 40.8 Å². The smallest absolute Gasteiger partial charge is 0.226 e. The topological polar surface area (TPSA) is 246 Å². The van der Waals surface area contributed by atoms with Gasteiger partial charge in [0.1, 0.15) is 17.7 Å². The number of rotatable bonds is 19. The van der Waals surface area contributed by atoms with Crippen molar-refractivity contribution < 1.29 is 14.9 Å². The van der Waals surface area contributed by atoms with Crippen LogP contribution in [0.5, 0.6) is 0 Å². The molecule has 1 unspecified atom stereocenters. The molecule has 7 N–H and O–H groups in total. The average Bonchev–Trinajstić information content (AvgIpc) is 4.12. The molecule has 4 atom stereocenters. The van der Waals surface area contributed by atoms with Gasteiger partial charge in [-0.1, -0.05) is 0 Å². The Morgan fingerprint density at radius 2 is 1.40 bits per heavy atom. The molecule has 3 saturated heterocycles. The van der Waals surface area contributed by atoms with Crippen LogP contribution >= 0.6 is 0 Å². The molecule has 0 radical (unpaired) electrons. The number of hydrogen-bond donors (Lipinski definition) is 7. The largest absolute Gasteiger partial charge is 0.387 e. The summed E-state index contributed by atoms with van der Waals surface area (Å²) in [6.45, 7) is 11.0. The van der Waals surface area contributed by atoms with Gasteiger partial charge in [0.2, 0.25) is 17.7 Å². The van der Waals surface area contributed by atoms with Crippen LogP contribution in [0, 0.1) is 0 Å². The monoisotopic (exact) mass is 829 g/mol. The van der Waals surface area contributed by atoms with Crippen molar-refractivity contribution in [1.29, 1.82) is 0 Å². The Morgan fingerprint density at radius 1 is 0.767 bits per heavy atom. The highest BCUT2D eigenvalue weighted by Gasteiger charge is 2.47. The van der Waals surface area contributed by atoms with Gasteiger partial charge in [-0.15, -0.1) is 10.2 Å². The first kappa shape index (κ1) is 40.6. The van der Waals surface area contributed by atoms with E-state index in [1.54, 1.807) is 17.2 Å². The van der Waals surface area contributed by atoms with Gasteiger partial charge in [-0.05, 0) is 128 Å². The predicted octanol–water partition coefficient (Wildman–Crippen LogP) is 2.90. The number of imidazole rings is 2. The highest BCUT2D eigenvalue weighted by molar-refractivity contribution is 5.85. The Balaban J connectivity index is 0.858. The van der Waals surface area contributed by atoms with Gasteiger partial charge < -0.3 is 51.0 Å². The maximum Gasteiger partial charge on any atom is 0.226 e. The molecule has 8 heterocycles. The van der Waals surface area contributed by atoms with Crippen molar-refractivity contribution in [3.8, 4) is 0 Å². The lowest BCUT2D eigenvalue weighted by molar-refractivity contribution is -0.0384. The molecule has 324 valence electrons. The molecule has 60 heavy (non-hydrogen) atoms. The van der Waals surface area contributed by atoms with Crippen molar-refractivity contribution in [1.82, 2.24) is 69.5 Å². The molecule has 0 spiro atoms. The minimum atomic E-state index is -1.29.